The first kappa shape index (κ1) is 32.7. The minimum atomic E-state index is 0.586. The van der Waals surface area contributed by atoms with Gasteiger partial charge in [0.05, 0.1) is 6.67 Å². The standard InChI is InChI=1S/C13H24N6S.C6H8.2C2H6/c1-5-10-20-13(15-3)17-12(14-2)16-11-19-8-6-18(4)7-9-19;1-3-5-6-4-2;2*1-2/h5H,1,3,6-11H2,2,4H3,(H,14,16);3-6H,1-2H2;2*1-2H3/b17-13+;6-5-;;. The number of likely N-dealkylation sites (N-methyl/N-ethyl adjacent to an activating group) is 1. The van der Waals surface area contributed by atoms with Crippen molar-refractivity contribution in [1.82, 2.24) is 15.1 Å². The summed E-state index contributed by atoms with van der Waals surface area (Å²) in [4.78, 5) is 17.1. The summed E-state index contributed by atoms with van der Waals surface area (Å²) < 4.78 is 0. The van der Waals surface area contributed by atoms with Gasteiger partial charge in [0.2, 0.25) is 5.96 Å². The average Bonchev–Trinajstić information content (AvgIpc) is 2.81. The van der Waals surface area contributed by atoms with E-state index in [0.717, 1.165) is 38.6 Å². The number of allylic oxidation sites excluding steroid dienone is 4. The molecule has 30 heavy (non-hydrogen) atoms. The molecule has 1 rings (SSSR count). The molecule has 0 aromatic carbocycles. The summed E-state index contributed by atoms with van der Waals surface area (Å²) in [5, 5.41) is 3.85. The maximum absolute atomic E-state index is 4.35. The molecule has 0 aromatic rings. The Balaban J connectivity index is -0.000000616. The van der Waals surface area contributed by atoms with E-state index in [1.807, 2.05) is 45.9 Å². The summed E-state index contributed by atoms with van der Waals surface area (Å²) in [6.45, 7) is 27.2. The second-order valence-corrected chi connectivity index (χ2v) is 6.30. The van der Waals surface area contributed by atoms with Gasteiger partial charge >= 0.3 is 0 Å². The van der Waals surface area contributed by atoms with Crippen molar-refractivity contribution < 1.29 is 0 Å². The third-order valence-electron chi connectivity index (χ3n) is 3.32. The number of amidine groups is 1. The van der Waals surface area contributed by atoms with Crippen LogP contribution in [0.15, 0.2) is 65.1 Å². The van der Waals surface area contributed by atoms with E-state index in [1.165, 1.54) is 11.8 Å². The lowest BCUT2D eigenvalue weighted by atomic mass is 10.3. The van der Waals surface area contributed by atoms with Crippen molar-refractivity contribution >= 4 is 29.6 Å². The summed E-state index contributed by atoms with van der Waals surface area (Å²) in [7, 11) is 3.86. The van der Waals surface area contributed by atoms with Crippen LogP contribution in [0.4, 0.5) is 0 Å². The van der Waals surface area contributed by atoms with Gasteiger partial charge in [-0.05, 0) is 13.8 Å². The SMILES string of the molecule is C=C/C=C\C=C.C=CCS/C(N=C)=N/C(=NC)NCN1CCN(C)CC1.CC.CC. The van der Waals surface area contributed by atoms with Gasteiger partial charge in [0.25, 0.3) is 0 Å². The number of nitrogens with zero attached hydrogens (tertiary/aromatic N) is 5. The average molecular weight is 437 g/mol. The van der Waals surface area contributed by atoms with Crippen molar-refractivity contribution in [3.63, 3.8) is 0 Å². The molecule has 0 radical (unpaired) electrons. The highest BCUT2D eigenvalue weighted by Crippen LogP contribution is 2.05. The molecule has 1 fully saturated rings. The van der Waals surface area contributed by atoms with Crippen LogP contribution in [0.25, 0.3) is 0 Å². The van der Waals surface area contributed by atoms with E-state index in [1.54, 1.807) is 19.2 Å². The number of rotatable bonds is 6. The van der Waals surface area contributed by atoms with Crippen LogP contribution in [0.2, 0.25) is 0 Å². The molecule has 0 saturated carbocycles. The van der Waals surface area contributed by atoms with Crippen LogP contribution in [-0.4, -0.2) is 80.3 Å². The Morgan fingerprint density at radius 2 is 1.53 bits per heavy atom. The predicted octanol–water partition coefficient (Wildman–Crippen LogP) is 4.71. The molecular formula is C23H44N6S. The third kappa shape index (κ3) is 20.8. The Hall–Kier alpha value is -1.96. The van der Waals surface area contributed by atoms with Crippen molar-refractivity contribution in [2.24, 2.45) is 15.0 Å². The first-order valence-corrected chi connectivity index (χ1v) is 11.4. The second-order valence-electron chi connectivity index (χ2n) is 5.31. The molecule has 0 amide bonds. The maximum Gasteiger partial charge on any atom is 0.221 e. The third-order valence-corrected chi connectivity index (χ3v) is 4.20. The van der Waals surface area contributed by atoms with Crippen molar-refractivity contribution in [3.8, 4) is 0 Å². The molecule has 1 heterocycles. The molecule has 0 bridgehead atoms. The molecule has 0 aliphatic carbocycles. The molecule has 172 valence electrons. The van der Waals surface area contributed by atoms with Gasteiger partial charge in [-0.3, -0.25) is 9.89 Å². The zero-order chi connectivity index (χ0) is 23.6. The molecule has 6 nitrogen and oxygen atoms in total. The van der Waals surface area contributed by atoms with Gasteiger partial charge in [0.15, 0.2) is 5.17 Å². The van der Waals surface area contributed by atoms with Crippen molar-refractivity contribution in [2.75, 3.05) is 52.7 Å². The number of hydrogen-bond acceptors (Lipinski definition) is 4. The fourth-order valence-corrected chi connectivity index (χ4v) is 2.36. The Morgan fingerprint density at radius 1 is 1.00 bits per heavy atom. The lowest BCUT2D eigenvalue weighted by molar-refractivity contribution is 0.151. The molecule has 1 aliphatic rings. The number of hydrogen-bond donors (Lipinski definition) is 1. The normalized spacial score (nSPS) is 14.7. The van der Waals surface area contributed by atoms with E-state index in [2.05, 4.69) is 63.6 Å². The number of piperazine rings is 1. The number of thioether (sulfide) groups is 1. The lowest BCUT2D eigenvalue weighted by Gasteiger charge is -2.32. The van der Waals surface area contributed by atoms with Crippen LogP contribution >= 0.6 is 11.8 Å². The quantitative estimate of drug-likeness (QED) is 0.284. The summed E-state index contributed by atoms with van der Waals surface area (Å²) in [5.41, 5.74) is 0. The van der Waals surface area contributed by atoms with Crippen LogP contribution < -0.4 is 5.32 Å². The highest BCUT2D eigenvalue weighted by atomic mass is 32.2. The largest absolute Gasteiger partial charge is 0.342 e. The zero-order valence-corrected chi connectivity index (χ0v) is 20.9. The van der Waals surface area contributed by atoms with Gasteiger partial charge in [-0.1, -0.05) is 83.0 Å². The maximum atomic E-state index is 4.35. The van der Waals surface area contributed by atoms with E-state index < -0.39 is 0 Å². The van der Waals surface area contributed by atoms with Crippen LogP contribution in [0.1, 0.15) is 27.7 Å². The highest BCUT2D eigenvalue weighted by Gasteiger charge is 2.13. The minimum absolute atomic E-state index is 0.586. The zero-order valence-electron chi connectivity index (χ0n) is 20.1. The number of aliphatic imine (C=N–C) groups is 3. The Kier molecular flexibility index (Phi) is 29.5. The molecule has 7 heteroatoms. The molecule has 0 atom stereocenters. The molecule has 1 saturated heterocycles. The minimum Gasteiger partial charge on any atom is -0.342 e. The van der Waals surface area contributed by atoms with Gasteiger partial charge in [0, 0.05) is 39.0 Å². The topological polar surface area (TPSA) is 55.6 Å². The van der Waals surface area contributed by atoms with E-state index in [-0.39, 0.29) is 0 Å². The molecule has 1 aliphatic heterocycles. The van der Waals surface area contributed by atoms with Gasteiger partial charge < -0.3 is 10.2 Å². The first-order chi connectivity index (χ1) is 14.6. The van der Waals surface area contributed by atoms with Crippen LogP contribution in [0.3, 0.4) is 0 Å². The monoisotopic (exact) mass is 436 g/mol. The molecule has 0 unspecified atom stereocenters. The van der Waals surface area contributed by atoms with Gasteiger partial charge in [-0.2, -0.15) is 4.99 Å². The van der Waals surface area contributed by atoms with Crippen LogP contribution in [0, 0.1) is 0 Å². The Labute approximate surface area is 190 Å². The van der Waals surface area contributed by atoms with Gasteiger partial charge in [0.1, 0.15) is 0 Å². The van der Waals surface area contributed by atoms with Crippen molar-refractivity contribution in [3.05, 3.63) is 50.1 Å². The molecule has 1 N–H and O–H groups in total. The van der Waals surface area contributed by atoms with E-state index >= 15 is 0 Å². The molecule has 0 aromatic heterocycles. The van der Waals surface area contributed by atoms with Gasteiger partial charge in [-0.25, -0.2) is 4.99 Å². The van der Waals surface area contributed by atoms with Crippen LogP contribution in [-0.2, 0) is 0 Å². The Bertz CT molecular complexity index is 508. The van der Waals surface area contributed by atoms with E-state index in [4.69, 9.17) is 0 Å². The van der Waals surface area contributed by atoms with E-state index in [0.29, 0.717) is 11.1 Å². The van der Waals surface area contributed by atoms with Crippen molar-refractivity contribution in [1.29, 1.82) is 0 Å². The molecule has 0 spiro atoms. The van der Waals surface area contributed by atoms with Gasteiger partial charge in [-0.15, -0.1) is 6.58 Å². The predicted molar refractivity (Wildman–Crippen MR) is 142 cm³/mol. The fraction of sp³-hybridized carbons (Fsp3) is 0.522. The number of nitrogens with one attached hydrogen (secondary N) is 1. The summed E-state index contributed by atoms with van der Waals surface area (Å²) >= 11 is 1.49. The summed E-state index contributed by atoms with van der Waals surface area (Å²) in [5.74, 6) is 1.34. The van der Waals surface area contributed by atoms with Crippen molar-refractivity contribution in [2.45, 2.75) is 27.7 Å². The summed E-state index contributed by atoms with van der Waals surface area (Å²) in [6.07, 6.45) is 8.88. The Morgan fingerprint density at radius 3 is 1.93 bits per heavy atom. The van der Waals surface area contributed by atoms with E-state index in [9.17, 15) is 0 Å². The fourth-order valence-electron chi connectivity index (χ4n) is 1.85. The summed E-state index contributed by atoms with van der Waals surface area (Å²) in [6, 6.07) is 0. The highest BCUT2D eigenvalue weighted by molar-refractivity contribution is 8.14. The second kappa shape index (κ2) is 27.0. The first-order valence-electron chi connectivity index (χ1n) is 10.4. The van der Waals surface area contributed by atoms with Crippen LogP contribution in [0.5, 0.6) is 0 Å². The smallest absolute Gasteiger partial charge is 0.221 e. The number of guanidine groups is 1. The lowest BCUT2D eigenvalue weighted by Crippen LogP contribution is -2.48. The molecular weight excluding hydrogens is 392 g/mol.